The van der Waals surface area contributed by atoms with E-state index < -0.39 is 11.9 Å². The number of halogens is 2. The number of carbonyl (C=O) groups is 2. The van der Waals surface area contributed by atoms with Crippen molar-refractivity contribution in [2.75, 3.05) is 14.2 Å². The zero-order chi connectivity index (χ0) is 24.0. The van der Waals surface area contributed by atoms with Gasteiger partial charge in [-0.15, -0.1) is 20.4 Å². The minimum Gasteiger partial charge on any atom is -0.465 e. The lowest BCUT2D eigenvalue weighted by atomic mass is 10.1. The van der Waals surface area contributed by atoms with Crippen LogP contribution in [0.3, 0.4) is 0 Å². The number of carbonyl (C=O) groups excluding carboxylic acids is 2. The Morgan fingerprint density at radius 3 is 1.85 bits per heavy atom. The molecule has 33 heavy (non-hydrogen) atoms. The van der Waals surface area contributed by atoms with Crippen LogP contribution in [0.25, 0.3) is 22.8 Å². The summed E-state index contributed by atoms with van der Waals surface area (Å²) in [6, 6.07) is 9.60. The Morgan fingerprint density at radius 1 is 0.879 bits per heavy atom. The van der Waals surface area contributed by atoms with E-state index >= 15 is 0 Å². The number of nitrogens with one attached hydrogen (secondary N) is 1. The molecule has 2 heterocycles. The maximum absolute atomic E-state index is 11.6. The van der Waals surface area contributed by atoms with Crippen molar-refractivity contribution in [3.63, 3.8) is 0 Å². The number of benzene rings is 2. The Labute approximate surface area is 196 Å². The molecule has 4 aromatic rings. The van der Waals surface area contributed by atoms with Gasteiger partial charge < -0.3 is 9.47 Å². The lowest BCUT2D eigenvalue weighted by Gasteiger charge is -2.04. The predicted molar refractivity (Wildman–Crippen MR) is 117 cm³/mol. The van der Waals surface area contributed by atoms with E-state index in [2.05, 4.69) is 45.5 Å². The highest BCUT2D eigenvalue weighted by atomic mass is 35.5. The van der Waals surface area contributed by atoms with Crippen LogP contribution in [-0.4, -0.2) is 67.0 Å². The molecular formula is C19H16Cl2N8O4. The molecular weight excluding hydrogens is 475 g/mol. The predicted octanol–water partition coefficient (Wildman–Crippen LogP) is 2.62. The van der Waals surface area contributed by atoms with Crippen molar-refractivity contribution in [3.8, 4) is 22.8 Å². The first-order chi connectivity index (χ1) is 15.8. The van der Waals surface area contributed by atoms with Crippen molar-refractivity contribution in [1.29, 1.82) is 0 Å². The fourth-order valence-electron chi connectivity index (χ4n) is 2.65. The zero-order valence-corrected chi connectivity index (χ0v) is 19.0. The molecule has 4 rings (SSSR count). The van der Waals surface area contributed by atoms with Crippen LogP contribution in [0.2, 0.25) is 10.0 Å². The highest BCUT2D eigenvalue weighted by Crippen LogP contribution is 2.25. The van der Waals surface area contributed by atoms with E-state index in [9.17, 15) is 9.59 Å². The molecule has 0 spiro atoms. The van der Waals surface area contributed by atoms with Crippen molar-refractivity contribution in [2.24, 2.45) is 7.05 Å². The SMILES string of the molecule is COC(=O)c1cc(Cl)ccc1-c1nn[nH]n1.COC(=O)c1cc(Cl)ccc1-c1nnn(C)n1. The molecule has 0 fully saturated rings. The van der Waals surface area contributed by atoms with Crippen molar-refractivity contribution >= 4 is 35.1 Å². The van der Waals surface area contributed by atoms with Gasteiger partial charge >= 0.3 is 11.9 Å². The molecule has 14 heteroatoms. The van der Waals surface area contributed by atoms with Gasteiger partial charge in [-0.25, -0.2) is 9.59 Å². The highest BCUT2D eigenvalue weighted by Gasteiger charge is 2.18. The van der Waals surface area contributed by atoms with Crippen LogP contribution in [0, 0.1) is 0 Å². The summed E-state index contributed by atoms with van der Waals surface area (Å²) < 4.78 is 9.33. The van der Waals surface area contributed by atoms with Gasteiger partial charge in [0.15, 0.2) is 0 Å². The summed E-state index contributed by atoms with van der Waals surface area (Å²) in [5.41, 5.74) is 1.67. The van der Waals surface area contributed by atoms with Gasteiger partial charge in [0, 0.05) is 21.2 Å². The quantitative estimate of drug-likeness (QED) is 0.422. The molecule has 12 nitrogen and oxygen atoms in total. The molecule has 1 N–H and O–H groups in total. The number of hydrogen-bond donors (Lipinski definition) is 1. The summed E-state index contributed by atoms with van der Waals surface area (Å²) >= 11 is 11.6. The van der Waals surface area contributed by atoms with Gasteiger partial charge in [-0.05, 0) is 46.8 Å². The zero-order valence-electron chi connectivity index (χ0n) is 17.5. The van der Waals surface area contributed by atoms with Crippen LogP contribution < -0.4 is 0 Å². The van der Waals surface area contributed by atoms with Crippen LogP contribution in [-0.2, 0) is 16.5 Å². The second-order valence-corrected chi connectivity index (χ2v) is 7.07. The Kier molecular flexibility index (Phi) is 7.64. The normalized spacial score (nSPS) is 10.2. The van der Waals surface area contributed by atoms with Gasteiger partial charge in [0.2, 0.25) is 11.6 Å². The highest BCUT2D eigenvalue weighted by molar-refractivity contribution is 6.31. The number of methoxy groups -OCH3 is 2. The summed E-state index contributed by atoms with van der Waals surface area (Å²) in [5.74, 6) is -0.320. The Balaban J connectivity index is 0.000000186. The van der Waals surface area contributed by atoms with Crippen LogP contribution in [0.4, 0.5) is 0 Å². The van der Waals surface area contributed by atoms with E-state index in [-0.39, 0.29) is 0 Å². The van der Waals surface area contributed by atoms with Crippen LogP contribution in [0.15, 0.2) is 36.4 Å². The van der Waals surface area contributed by atoms with Gasteiger partial charge in [-0.3, -0.25) is 0 Å². The number of ether oxygens (including phenoxy) is 2. The van der Waals surface area contributed by atoms with Crippen LogP contribution in [0.5, 0.6) is 0 Å². The number of aromatic amines is 1. The summed E-state index contributed by atoms with van der Waals surface area (Å²) in [4.78, 5) is 24.4. The molecule has 0 aliphatic carbocycles. The molecule has 0 bridgehead atoms. The fraction of sp³-hybridized carbons (Fsp3) is 0.158. The third-order valence-electron chi connectivity index (χ3n) is 4.11. The van der Waals surface area contributed by atoms with Gasteiger partial charge in [0.1, 0.15) is 0 Å². The van der Waals surface area contributed by atoms with Crippen LogP contribution in [0.1, 0.15) is 20.7 Å². The smallest absolute Gasteiger partial charge is 0.338 e. The van der Waals surface area contributed by atoms with E-state index in [1.54, 1.807) is 31.3 Å². The van der Waals surface area contributed by atoms with Gasteiger partial charge in [-0.1, -0.05) is 23.2 Å². The lowest BCUT2D eigenvalue weighted by Crippen LogP contribution is -2.04. The molecule has 0 aliphatic rings. The summed E-state index contributed by atoms with van der Waals surface area (Å²) in [6.45, 7) is 0. The topological polar surface area (TPSA) is 151 Å². The Hall–Kier alpha value is -3.90. The van der Waals surface area contributed by atoms with Crippen molar-refractivity contribution in [1.82, 2.24) is 40.8 Å². The molecule has 2 aromatic heterocycles. The number of aromatic nitrogens is 8. The van der Waals surface area contributed by atoms with Gasteiger partial charge in [-0.2, -0.15) is 10.0 Å². The molecule has 2 aromatic carbocycles. The van der Waals surface area contributed by atoms with Crippen molar-refractivity contribution in [3.05, 3.63) is 57.6 Å². The maximum atomic E-state index is 11.6. The van der Waals surface area contributed by atoms with Crippen molar-refractivity contribution < 1.29 is 19.1 Å². The number of nitrogens with zero attached hydrogens (tertiary/aromatic N) is 7. The largest absolute Gasteiger partial charge is 0.465 e. The first kappa shape index (κ1) is 23.8. The third kappa shape index (κ3) is 5.67. The molecule has 0 radical (unpaired) electrons. The summed E-state index contributed by atoms with van der Waals surface area (Å²) in [6.07, 6.45) is 0. The van der Waals surface area contributed by atoms with E-state index in [1.165, 1.54) is 31.1 Å². The molecule has 0 atom stereocenters. The number of H-pyrrole nitrogens is 1. The maximum Gasteiger partial charge on any atom is 0.338 e. The average Bonchev–Trinajstić information content (AvgIpc) is 3.50. The molecule has 170 valence electrons. The van der Waals surface area contributed by atoms with Crippen LogP contribution >= 0.6 is 23.2 Å². The second kappa shape index (κ2) is 10.6. The van der Waals surface area contributed by atoms with Gasteiger partial charge in [0.05, 0.1) is 32.4 Å². The standard InChI is InChI=1S/C10H9ClN4O2.C9H7ClN4O2/c1-15-13-9(12-14-15)7-4-3-6(11)5-8(7)10(16)17-2;1-16-9(15)7-4-5(10)2-3-6(7)8-11-13-14-12-8/h3-5H,1-2H3;2-4H,1H3,(H,11,12,13,14). The minimum absolute atomic E-state index is 0.302. The van der Waals surface area contributed by atoms with E-state index in [1.807, 2.05) is 0 Å². The molecule has 0 amide bonds. The second-order valence-electron chi connectivity index (χ2n) is 6.20. The summed E-state index contributed by atoms with van der Waals surface area (Å²) in [7, 11) is 4.24. The number of esters is 2. The molecule has 0 saturated carbocycles. The van der Waals surface area contributed by atoms with Crippen molar-refractivity contribution in [2.45, 2.75) is 0 Å². The van der Waals surface area contributed by atoms with Gasteiger partial charge in [0.25, 0.3) is 0 Å². The molecule has 0 saturated heterocycles. The summed E-state index contributed by atoms with van der Waals surface area (Å²) in [5, 5.41) is 25.8. The molecule has 0 aliphatic heterocycles. The molecule has 0 unspecified atom stereocenters. The Bertz CT molecular complexity index is 1280. The fourth-order valence-corrected chi connectivity index (χ4v) is 2.99. The number of tetrazole rings is 2. The van der Waals surface area contributed by atoms with E-state index in [4.69, 9.17) is 23.2 Å². The lowest BCUT2D eigenvalue weighted by molar-refractivity contribution is 0.0592. The first-order valence-corrected chi connectivity index (χ1v) is 9.83. The van der Waals surface area contributed by atoms with E-state index in [0.29, 0.717) is 43.9 Å². The number of rotatable bonds is 4. The number of hydrogen-bond acceptors (Lipinski definition) is 10. The van der Waals surface area contributed by atoms with E-state index in [0.717, 1.165) is 0 Å². The monoisotopic (exact) mass is 490 g/mol. The Morgan fingerprint density at radius 2 is 1.42 bits per heavy atom. The average molecular weight is 491 g/mol. The third-order valence-corrected chi connectivity index (χ3v) is 4.58. The minimum atomic E-state index is -0.498. The number of aryl methyl sites for hydroxylation is 1. The first-order valence-electron chi connectivity index (χ1n) is 9.08.